The number of benzene rings is 1. The SMILES string of the molecule is Cc1ccc(NC(=O)CSCC(=O)OCC(=O)N[C@@H]2CCS(=O)(=O)C2)cc1. The van der Waals surface area contributed by atoms with Crippen LogP contribution in [-0.4, -0.2) is 61.9 Å². The molecule has 0 spiro atoms. The first-order valence-corrected chi connectivity index (χ1v) is 11.3. The number of aryl methyl sites for hydroxylation is 1. The fourth-order valence-electron chi connectivity index (χ4n) is 2.43. The van der Waals surface area contributed by atoms with Crippen molar-refractivity contribution in [3.63, 3.8) is 0 Å². The van der Waals surface area contributed by atoms with Gasteiger partial charge in [0.25, 0.3) is 5.91 Å². The Morgan fingerprint density at radius 1 is 1.15 bits per heavy atom. The molecule has 0 saturated carbocycles. The Kier molecular flexibility index (Phi) is 7.66. The van der Waals surface area contributed by atoms with Crippen molar-refractivity contribution >= 4 is 45.1 Å². The lowest BCUT2D eigenvalue weighted by molar-refractivity contribution is -0.146. The van der Waals surface area contributed by atoms with Crippen LogP contribution >= 0.6 is 11.8 Å². The van der Waals surface area contributed by atoms with Crippen LogP contribution in [0.4, 0.5) is 5.69 Å². The van der Waals surface area contributed by atoms with Crippen molar-refractivity contribution in [2.75, 3.05) is 34.9 Å². The average Bonchev–Trinajstić information content (AvgIpc) is 2.93. The first-order chi connectivity index (χ1) is 12.7. The summed E-state index contributed by atoms with van der Waals surface area (Å²) in [5, 5.41) is 5.24. The molecular weight excluding hydrogens is 392 g/mol. The Labute approximate surface area is 162 Å². The summed E-state index contributed by atoms with van der Waals surface area (Å²) in [5.41, 5.74) is 1.77. The van der Waals surface area contributed by atoms with E-state index < -0.39 is 34.4 Å². The lowest BCUT2D eigenvalue weighted by Gasteiger charge is -2.11. The predicted molar refractivity (Wildman–Crippen MR) is 103 cm³/mol. The number of thioether (sulfide) groups is 1. The Morgan fingerprint density at radius 3 is 2.48 bits per heavy atom. The van der Waals surface area contributed by atoms with Gasteiger partial charge in [-0.2, -0.15) is 0 Å². The minimum atomic E-state index is -3.08. The number of carbonyl (C=O) groups is 3. The molecule has 1 atom stereocenters. The molecular formula is C17H22N2O6S2. The van der Waals surface area contributed by atoms with Gasteiger partial charge in [0.1, 0.15) is 0 Å². The molecule has 1 fully saturated rings. The van der Waals surface area contributed by atoms with Gasteiger partial charge < -0.3 is 15.4 Å². The van der Waals surface area contributed by atoms with Crippen LogP contribution in [0.1, 0.15) is 12.0 Å². The maximum Gasteiger partial charge on any atom is 0.316 e. The summed E-state index contributed by atoms with van der Waals surface area (Å²) in [4.78, 5) is 35.1. The normalized spacial score (nSPS) is 17.9. The molecule has 2 rings (SSSR count). The first-order valence-electron chi connectivity index (χ1n) is 8.33. The highest BCUT2D eigenvalue weighted by atomic mass is 32.2. The van der Waals surface area contributed by atoms with E-state index in [9.17, 15) is 22.8 Å². The van der Waals surface area contributed by atoms with Gasteiger partial charge in [0, 0.05) is 11.7 Å². The van der Waals surface area contributed by atoms with Crippen LogP contribution in [0.15, 0.2) is 24.3 Å². The molecule has 10 heteroatoms. The third-order valence-electron chi connectivity index (χ3n) is 3.75. The van der Waals surface area contributed by atoms with Gasteiger partial charge in [-0.15, -0.1) is 11.8 Å². The third kappa shape index (κ3) is 8.00. The number of hydrogen-bond acceptors (Lipinski definition) is 7. The minimum Gasteiger partial charge on any atom is -0.455 e. The smallest absolute Gasteiger partial charge is 0.316 e. The highest BCUT2D eigenvalue weighted by Gasteiger charge is 2.29. The molecule has 2 amide bonds. The van der Waals surface area contributed by atoms with E-state index in [1.54, 1.807) is 12.1 Å². The van der Waals surface area contributed by atoms with E-state index >= 15 is 0 Å². The topological polar surface area (TPSA) is 119 Å². The van der Waals surface area contributed by atoms with Gasteiger partial charge in [-0.25, -0.2) is 8.42 Å². The molecule has 27 heavy (non-hydrogen) atoms. The van der Waals surface area contributed by atoms with Gasteiger partial charge in [0.2, 0.25) is 5.91 Å². The van der Waals surface area contributed by atoms with E-state index in [2.05, 4.69) is 10.6 Å². The van der Waals surface area contributed by atoms with Gasteiger partial charge in [0.15, 0.2) is 16.4 Å². The lowest BCUT2D eigenvalue weighted by atomic mass is 10.2. The van der Waals surface area contributed by atoms with E-state index in [4.69, 9.17) is 4.74 Å². The quantitative estimate of drug-likeness (QED) is 0.595. The largest absolute Gasteiger partial charge is 0.455 e. The summed E-state index contributed by atoms with van der Waals surface area (Å²) in [6, 6.07) is 6.92. The van der Waals surface area contributed by atoms with Crippen molar-refractivity contribution in [3.8, 4) is 0 Å². The van der Waals surface area contributed by atoms with Crippen LogP contribution in [-0.2, 0) is 29.0 Å². The van der Waals surface area contributed by atoms with Crippen molar-refractivity contribution in [1.29, 1.82) is 0 Å². The number of carbonyl (C=O) groups excluding carboxylic acids is 3. The summed E-state index contributed by atoms with van der Waals surface area (Å²) in [7, 11) is -3.08. The lowest BCUT2D eigenvalue weighted by Crippen LogP contribution is -2.38. The maximum absolute atomic E-state index is 11.8. The zero-order valence-electron chi connectivity index (χ0n) is 14.9. The second-order valence-corrected chi connectivity index (χ2v) is 9.45. The minimum absolute atomic E-state index is 0.0546. The van der Waals surface area contributed by atoms with E-state index in [0.29, 0.717) is 12.1 Å². The number of hydrogen-bond donors (Lipinski definition) is 2. The van der Waals surface area contributed by atoms with Gasteiger partial charge >= 0.3 is 5.97 Å². The van der Waals surface area contributed by atoms with E-state index in [1.165, 1.54) is 0 Å². The molecule has 1 aromatic carbocycles. The summed E-state index contributed by atoms with van der Waals surface area (Å²) >= 11 is 1.08. The molecule has 1 heterocycles. The van der Waals surface area contributed by atoms with Crippen molar-refractivity contribution in [2.45, 2.75) is 19.4 Å². The average molecular weight is 415 g/mol. The van der Waals surface area contributed by atoms with Gasteiger partial charge in [-0.3, -0.25) is 14.4 Å². The second-order valence-electron chi connectivity index (χ2n) is 6.24. The molecule has 2 N–H and O–H groups in total. The van der Waals surface area contributed by atoms with E-state index in [0.717, 1.165) is 17.3 Å². The molecule has 0 unspecified atom stereocenters. The van der Waals surface area contributed by atoms with E-state index in [1.807, 2.05) is 19.1 Å². The highest BCUT2D eigenvalue weighted by Crippen LogP contribution is 2.11. The number of amides is 2. The Hall–Kier alpha value is -2.07. The number of rotatable bonds is 8. The summed E-state index contributed by atoms with van der Waals surface area (Å²) in [6.07, 6.45) is 0.369. The van der Waals surface area contributed by atoms with Crippen LogP contribution in [0.3, 0.4) is 0 Å². The highest BCUT2D eigenvalue weighted by molar-refractivity contribution is 8.00. The van der Waals surface area contributed by atoms with Gasteiger partial charge in [-0.1, -0.05) is 17.7 Å². The van der Waals surface area contributed by atoms with Gasteiger partial charge in [-0.05, 0) is 25.5 Å². The number of ether oxygens (including phenoxy) is 1. The van der Waals surface area contributed by atoms with E-state index in [-0.39, 0.29) is 28.9 Å². The molecule has 0 aliphatic carbocycles. The van der Waals surface area contributed by atoms with Crippen LogP contribution in [0, 0.1) is 6.92 Å². The predicted octanol–water partition coefficient (Wildman–Crippen LogP) is 0.513. The van der Waals surface area contributed by atoms with Gasteiger partial charge in [0.05, 0.1) is 23.0 Å². The van der Waals surface area contributed by atoms with Crippen molar-refractivity contribution in [2.24, 2.45) is 0 Å². The molecule has 1 aromatic rings. The number of esters is 1. The molecule has 0 bridgehead atoms. The summed E-state index contributed by atoms with van der Waals surface area (Å²) < 4.78 is 27.5. The van der Waals surface area contributed by atoms with Crippen LogP contribution in [0.5, 0.6) is 0 Å². The maximum atomic E-state index is 11.8. The zero-order valence-corrected chi connectivity index (χ0v) is 16.5. The number of sulfone groups is 1. The van der Waals surface area contributed by atoms with Crippen molar-refractivity contribution in [1.82, 2.24) is 5.32 Å². The number of anilines is 1. The summed E-state index contributed by atoms with van der Waals surface area (Å²) in [5.74, 6) is -1.40. The van der Waals surface area contributed by atoms with Crippen molar-refractivity contribution < 1.29 is 27.5 Å². The van der Waals surface area contributed by atoms with Crippen LogP contribution in [0.2, 0.25) is 0 Å². The first kappa shape index (κ1) is 21.2. The Bertz CT molecular complexity index is 792. The van der Waals surface area contributed by atoms with Crippen molar-refractivity contribution in [3.05, 3.63) is 29.8 Å². The second kappa shape index (κ2) is 9.75. The molecule has 1 aliphatic heterocycles. The fourth-order valence-corrected chi connectivity index (χ4v) is 4.71. The molecule has 148 valence electrons. The Balaban J connectivity index is 1.58. The molecule has 0 radical (unpaired) electrons. The molecule has 1 aliphatic rings. The molecule has 1 saturated heterocycles. The standard InChI is InChI=1S/C17H22N2O6S2/c1-12-2-4-13(5-3-12)18-16(21)9-26-10-17(22)25-8-15(20)19-14-6-7-27(23,24)11-14/h2-5,14H,6-11H2,1H3,(H,18,21)(H,19,20)/t14-/m1/s1. The van der Waals surface area contributed by atoms with Crippen LogP contribution in [0.25, 0.3) is 0 Å². The Morgan fingerprint density at radius 2 is 1.85 bits per heavy atom. The molecule has 8 nitrogen and oxygen atoms in total. The third-order valence-corrected chi connectivity index (χ3v) is 6.42. The monoisotopic (exact) mass is 414 g/mol. The number of nitrogens with one attached hydrogen (secondary N) is 2. The zero-order chi connectivity index (χ0) is 19.9. The molecule has 0 aromatic heterocycles. The fraction of sp³-hybridized carbons (Fsp3) is 0.471. The summed E-state index contributed by atoms with van der Waals surface area (Å²) in [6.45, 7) is 1.48. The van der Waals surface area contributed by atoms with Crippen LogP contribution < -0.4 is 10.6 Å².